The molecule has 0 radical (unpaired) electrons. The summed E-state index contributed by atoms with van der Waals surface area (Å²) in [6.07, 6.45) is 3.21. The molecule has 1 aromatic rings. The molecular weight excluding hydrogens is 335 g/mol. The zero-order valence-electron chi connectivity index (χ0n) is 13.5. The fraction of sp³-hybridized carbons (Fsp3) is 0.529. The molecule has 1 aliphatic carbocycles. The molecule has 0 amide bonds. The number of carbonyl (C=O) groups excluding carboxylic acids is 1. The predicted octanol–water partition coefficient (Wildman–Crippen LogP) is 4.16. The van der Waals surface area contributed by atoms with Crippen molar-refractivity contribution in [1.82, 2.24) is 4.57 Å². The largest absolute Gasteiger partial charge is 0.461 e. The van der Waals surface area contributed by atoms with Crippen LogP contribution in [0.25, 0.3) is 6.08 Å². The van der Waals surface area contributed by atoms with E-state index < -0.39 is 10.3 Å². The first-order chi connectivity index (χ1) is 10.8. The third-order valence-electron chi connectivity index (χ3n) is 4.07. The summed E-state index contributed by atoms with van der Waals surface area (Å²) >= 11 is 11.8. The first-order valence-corrected chi connectivity index (χ1v) is 8.39. The van der Waals surface area contributed by atoms with Crippen LogP contribution in [0.5, 0.6) is 0 Å². The van der Waals surface area contributed by atoms with E-state index in [1.54, 1.807) is 6.08 Å². The van der Waals surface area contributed by atoms with Crippen LogP contribution in [0.2, 0.25) is 0 Å². The summed E-state index contributed by atoms with van der Waals surface area (Å²) < 4.78 is 6.53. The number of alkyl halides is 2. The molecule has 0 N–H and O–H groups in total. The van der Waals surface area contributed by atoms with Gasteiger partial charge in [-0.1, -0.05) is 6.92 Å². The normalized spacial score (nSPS) is 19.3. The molecule has 0 bridgehead atoms. The van der Waals surface area contributed by atoms with Crippen LogP contribution in [0.1, 0.15) is 36.7 Å². The van der Waals surface area contributed by atoms with Crippen molar-refractivity contribution in [3.63, 3.8) is 0 Å². The first-order valence-electron chi connectivity index (χ1n) is 7.63. The van der Waals surface area contributed by atoms with Gasteiger partial charge in [-0.2, -0.15) is 5.26 Å². The van der Waals surface area contributed by atoms with Gasteiger partial charge < -0.3 is 9.30 Å². The molecule has 1 fully saturated rings. The van der Waals surface area contributed by atoms with Crippen LogP contribution in [0.3, 0.4) is 0 Å². The number of aryl methyl sites for hydroxylation is 1. The van der Waals surface area contributed by atoms with Gasteiger partial charge in [-0.3, -0.25) is 0 Å². The van der Waals surface area contributed by atoms with Gasteiger partial charge >= 0.3 is 5.97 Å². The summed E-state index contributed by atoms with van der Waals surface area (Å²) in [6, 6.07) is 3.89. The van der Waals surface area contributed by atoms with Crippen molar-refractivity contribution in [2.45, 2.75) is 44.5 Å². The zero-order chi connectivity index (χ0) is 17.2. The molecule has 0 aromatic carbocycles. The van der Waals surface area contributed by atoms with Crippen molar-refractivity contribution in [3.8, 4) is 6.07 Å². The van der Waals surface area contributed by atoms with Crippen LogP contribution in [-0.2, 0) is 16.1 Å². The number of hydrogen-bond donors (Lipinski definition) is 0. The van der Waals surface area contributed by atoms with Crippen molar-refractivity contribution in [3.05, 3.63) is 28.6 Å². The van der Waals surface area contributed by atoms with Crippen LogP contribution in [-0.4, -0.2) is 21.5 Å². The molecule has 1 aromatic heterocycles. The summed E-state index contributed by atoms with van der Waals surface area (Å²) in [5.41, 5.74) is 2.98. The quantitative estimate of drug-likeness (QED) is 0.333. The van der Waals surface area contributed by atoms with Gasteiger partial charge in [-0.25, -0.2) is 4.79 Å². The SMILES string of the molecule is CCCn1c(C)cc(/C=C(\C#N)C(=O)OC[C@@H]2CC2(Cl)Cl)c1C. The molecule has 2 rings (SSSR count). The van der Waals surface area contributed by atoms with Gasteiger partial charge in [0.25, 0.3) is 0 Å². The lowest BCUT2D eigenvalue weighted by atomic mass is 10.1. The number of nitrogens with zero attached hydrogens (tertiary/aromatic N) is 2. The molecule has 0 spiro atoms. The summed E-state index contributed by atoms with van der Waals surface area (Å²) in [4.78, 5) is 12.0. The highest BCUT2D eigenvalue weighted by Crippen LogP contribution is 2.53. The number of carbonyl (C=O) groups is 1. The van der Waals surface area contributed by atoms with Crippen LogP contribution in [0.4, 0.5) is 0 Å². The Kier molecular flexibility index (Phi) is 5.44. The summed E-state index contributed by atoms with van der Waals surface area (Å²) in [7, 11) is 0. The van der Waals surface area contributed by atoms with E-state index in [2.05, 4.69) is 11.5 Å². The second-order valence-corrected chi connectivity index (χ2v) is 7.45. The average Bonchev–Trinajstić information content (AvgIpc) is 3.03. The van der Waals surface area contributed by atoms with E-state index in [9.17, 15) is 10.1 Å². The van der Waals surface area contributed by atoms with E-state index in [0.717, 1.165) is 29.9 Å². The molecule has 1 heterocycles. The van der Waals surface area contributed by atoms with E-state index >= 15 is 0 Å². The highest BCUT2D eigenvalue weighted by atomic mass is 35.5. The summed E-state index contributed by atoms with van der Waals surface area (Å²) in [6.45, 7) is 7.15. The third-order valence-corrected chi connectivity index (χ3v) is 5.00. The van der Waals surface area contributed by atoms with E-state index in [0.29, 0.717) is 6.42 Å². The highest BCUT2D eigenvalue weighted by Gasteiger charge is 2.52. The molecule has 0 aliphatic heterocycles. The Morgan fingerprint density at radius 3 is 2.74 bits per heavy atom. The topological polar surface area (TPSA) is 55.0 Å². The van der Waals surface area contributed by atoms with Gasteiger partial charge in [0.15, 0.2) is 0 Å². The van der Waals surface area contributed by atoms with E-state index in [-0.39, 0.29) is 18.1 Å². The fourth-order valence-electron chi connectivity index (χ4n) is 2.54. The average molecular weight is 355 g/mol. The lowest BCUT2D eigenvalue weighted by molar-refractivity contribution is -0.138. The zero-order valence-corrected chi connectivity index (χ0v) is 15.0. The van der Waals surface area contributed by atoms with Gasteiger partial charge in [0, 0.05) is 23.9 Å². The lowest BCUT2D eigenvalue weighted by Crippen LogP contribution is -2.11. The van der Waals surface area contributed by atoms with Crippen LogP contribution < -0.4 is 0 Å². The molecule has 1 aliphatic rings. The van der Waals surface area contributed by atoms with Gasteiger partial charge in [-0.05, 0) is 44.4 Å². The van der Waals surface area contributed by atoms with E-state index in [4.69, 9.17) is 27.9 Å². The number of rotatable bonds is 6. The smallest absolute Gasteiger partial charge is 0.348 e. The molecular formula is C17H20Cl2N2O2. The minimum Gasteiger partial charge on any atom is -0.461 e. The minimum atomic E-state index is -0.790. The van der Waals surface area contributed by atoms with E-state index in [1.165, 1.54) is 0 Å². The predicted molar refractivity (Wildman–Crippen MR) is 91.3 cm³/mol. The van der Waals surface area contributed by atoms with Crippen molar-refractivity contribution >= 4 is 35.2 Å². The number of ether oxygens (including phenoxy) is 1. The van der Waals surface area contributed by atoms with Crippen LogP contribution in [0.15, 0.2) is 11.6 Å². The van der Waals surface area contributed by atoms with E-state index in [1.807, 2.05) is 26.0 Å². The molecule has 124 valence electrons. The Morgan fingerprint density at radius 1 is 1.57 bits per heavy atom. The van der Waals surface area contributed by atoms with Crippen molar-refractivity contribution in [1.29, 1.82) is 5.26 Å². The molecule has 1 atom stereocenters. The molecule has 1 saturated carbocycles. The minimum absolute atomic E-state index is 0.0165. The lowest BCUT2D eigenvalue weighted by Gasteiger charge is -2.07. The van der Waals surface area contributed by atoms with Crippen molar-refractivity contribution in [2.24, 2.45) is 5.92 Å². The Hall–Kier alpha value is -1.44. The highest BCUT2D eigenvalue weighted by molar-refractivity contribution is 6.50. The molecule has 0 saturated heterocycles. The molecule has 23 heavy (non-hydrogen) atoms. The number of nitriles is 1. The van der Waals surface area contributed by atoms with Crippen LogP contribution >= 0.6 is 23.2 Å². The first kappa shape index (κ1) is 17.9. The summed E-state index contributed by atoms with van der Waals surface area (Å²) in [5, 5.41) is 9.23. The molecule has 0 unspecified atom stereocenters. The maximum absolute atomic E-state index is 12.0. The second kappa shape index (κ2) is 6.98. The standard InChI is InChI=1S/C17H20Cl2N2O2/c1-4-5-21-11(2)6-13(12(21)3)7-14(9-20)16(22)23-10-15-8-17(15,18)19/h6-7,15H,4-5,8,10H2,1-3H3/b14-7+/t15-/m0/s1. The van der Waals surface area contributed by atoms with Crippen molar-refractivity contribution in [2.75, 3.05) is 6.61 Å². The second-order valence-electron chi connectivity index (χ2n) is 5.91. The Morgan fingerprint density at radius 2 is 2.22 bits per heavy atom. The Balaban J connectivity index is 2.11. The van der Waals surface area contributed by atoms with Gasteiger partial charge in [0.05, 0.1) is 6.61 Å². The molecule has 6 heteroatoms. The maximum Gasteiger partial charge on any atom is 0.348 e. The monoisotopic (exact) mass is 354 g/mol. The fourth-order valence-corrected chi connectivity index (χ4v) is 3.04. The number of aromatic nitrogens is 1. The Labute approximate surface area is 146 Å². The maximum atomic E-state index is 12.0. The van der Waals surface area contributed by atoms with Gasteiger partial charge in [0.2, 0.25) is 0 Å². The molecule has 4 nitrogen and oxygen atoms in total. The number of esters is 1. The summed E-state index contributed by atoms with van der Waals surface area (Å²) in [5.74, 6) is -0.687. The number of halogens is 2. The van der Waals surface area contributed by atoms with Gasteiger partial charge in [-0.15, -0.1) is 23.2 Å². The Bertz CT molecular complexity index is 684. The van der Waals surface area contributed by atoms with Gasteiger partial charge in [0.1, 0.15) is 16.0 Å². The van der Waals surface area contributed by atoms with Crippen molar-refractivity contribution < 1.29 is 9.53 Å². The number of hydrogen-bond acceptors (Lipinski definition) is 3. The third kappa shape index (κ3) is 4.10. The van der Waals surface area contributed by atoms with Crippen LogP contribution in [0, 0.1) is 31.1 Å².